The van der Waals surface area contributed by atoms with Gasteiger partial charge in [0.1, 0.15) is 5.75 Å². The van der Waals surface area contributed by atoms with Gasteiger partial charge in [-0.1, -0.05) is 43.0 Å². The molecule has 1 fully saturated rings. The lowest BCUT2D eigenvalue weighted by Gasteiger charge is -2.30. The molecule has 3 rings (SSSR count). The zero-order chi connectivity index (χ0) is 21.7. The first-order valence-electron chi connectivity index (χ1n) is 10.2. The largest absolute Gasteiger partial charge is 0.465 e. The van der Waals surface area contributed by atoms with Crippen molar-refractivity contribution in [2.24, 2.45) is 0 Å². The Morgan fingerprint density at radius 1 is 1.00 bits per heavy atom. The molecule has 0 saturated heterocycles. The summed E-state index contributed by atoms with van der Waals surface area (Å²) in [5.74, 6) is -0.373. The first-order chi connectivity index (χ1) is 14.3. The third kappa shape index (κ3) is 5.16. The van der Waals surface area contributed by atoms with Crippen LogP contribution >= 0.6 is 0 Å². The van der Waals surface area contributed by atoms with Gasteiger partial charge >= 0.3 is 11.9 Å². The summed E-state index contributed by atoms with van der Waals surface area (Å²) < 4.78 is 10.3. The van der Waals surface area contributed by atoms with E-state index in [4.69, 9.17) is 9.47 Å². The van der Waals surface area contributed by atoms with Crippen molar-refractivity contribution in [2.75, 3.05) is 7.11 Å². The molecule has 1 N–H and O–H groups in total. The van der Waals surface area contributed by atoms with E-state index in [1.165, 1.54) is 14.0 Å². The monoisotopic (exact) mass is 408 g/mol. The third-order valence-corrected chi connectivity index (χ3v) is 5.43. The van der Waals surface area contributed by atoms with Crippen molar-refractivity contribution in [1.29, 1.82) is 0 Å². The fourth-order valence-electron chi connectivity index (χ4n) is 3.90. The summed E-state index contributed by atoms with van der Waals surface area (Å²) in [6, 6.07) is 12.6. The molecule has 30 heavy (non-hydrogen) atoms. The van der Waals surface area contributed by atoms with Gasteiger partial charge in [0.15, 0.2) is 0 Å². The van der Waals surface area contributed by atoms with Crippen LogP contribution in [0.3, 0.4) is 0 Å². The fourth-order valence-corrected chi connectivity index (χ4v) is 3.90. The number of ether oxygens (including phenoxy) is 2. The molecular formula is C25H28O5. The van der Waals surface area contributed by atoms with E-state index in [0.29, 0.717) is 24.2 Å². The van der Waals surface area contributed by atoms with Crippen LogP contribution in [0.4, 0.5) is 0 Å². The van der Waals surface area contributed by atoms with Crippen LogP contribution < -0.4 is 4.74 Å². The smallest absolute Gasteiger partial charge is 0.337 e. The molecule has 0 spiro atoms. The Balaban J connectivity index is 2.15. The maximum atomic E-state index is 11.8. The Morgan fingerprint density at radius 3 is 2.23 bits per heavy atom. The van der Waals surface area contributed by atoms with E-state index in [1.54, 1.807) is 18.2 Å². The van der Waals surface area contributed by atoms with Crippen LogP contribution in [-0.4, -0.2) is 29.8 Å². The van der Waals surface area contributed by atoms with Gasteiger partial charge in [-0.3, -0.25) is 4.79 Å². The van der Waals surface area contributed by atoms with Crippen LogP contribution in [0.15, 0.2) is 48.5 Å². The Morgan fingerprint density at radius 2 is 1.63 bits per heavy atom. The molecule has 1 aliphatic rings. The molecular weight excluding hydrogens is 380 g/mol. The van der Waals surface area contributed by atoms with Crippen LogP contribution in [0.25, 0.3) is 5.57 Å². The van der Waals surface area contributed by atoms with Crippen molar-refractivity contribution in [3.63, 3.8) is 0 Å². The molecule has 5 nitrogen and oxygen atoms in total. The Kier molecular flexibility index (Phi) is 6.73. The van der Waals surface area contributed by atoms with E-state index in [1.807, 2.05) is 37.3 Å². The van der Waals surface area contributed by atoms with Crippen LogP contribution in [0.1, 0.15) is 66.1 Å². The van der Waals surface area contributed by atoms with Crippen molar-refractivity contribution in [3.05, 3.63) is 70.8 Å². The minimum atomic E-state index is -0.925. The third-order valence-electron chi connectivity index (χ3n) is 5.43. The minimum Gasteiger partial charge on any atom is -0.465 e. The SMILES string of the molecule is COC(=O)c1ccc(/C(=C\C2(O)CCCCC2)c2cc(C)ccc2OC(C)=O)cc1. The summed E-state index contributed by atoms with van der Waals surface area (Å²) in [5.41, 5.74) is 2.85. The number of aliphatic hydroxyl groups is 1. The molecule has 0 heterocycles. The first-order valence-corrected chi connectivity index (χ1v) is 10.2. The Bertz CT molecular complexity index is 950. The number of carbonyl (C=O) groups excluding carboxylic acids is 2. The molecule has 1 saturated carbocycles. The topological polar surface area (TPSA) is 72.8 Å². The number of aryl methyl sites for hydroxylation is 1. The van der Waals surface area contributed by atoms with E-state index >= 15 is 0 Å². The molecule has 0 bridgehead atoms. The number of benzene rings is 2. The Hall–Kier alpha value is -2.92. The van der Waals surface area contributed by atoms with Crippen molar-refractivity contribution < 1.29 is 24.2 Å². The van der Waals surface area contributed by atoms with Gasteiger partial charge in [-0.05, 0) is 61.2 Å². The molecule has 2 aromatic carbocycles. The van der Waals surface area contributed by atoms with Crippen molar-refractivity contribution in [2.45, 2.75) is 51.6 Å². The highest BCUT2D eigenvalue weighted by molar-refractivity contribution is 5.91. The zero-order valence-electron chi connectivity index (χ0n) is 17.7. The van der Waals surface area contributed by atoms with Crippen molar-refractivity contribution in [1.82, 2.24) is 0 Å². The molecule has 0 atom stereocenters. The van der Waals surface area contributed by atoms with E-state index in [9.17, 15) is 14.7 Å². The molecule has 0 aliphatic heterocycles. The van der Waals surface area contributed by atoms with Crippen molar-refractivity contribution in [3.8, 4) is 5.75 Å². The second-order valence-electron chi connectivity index (χ2n) is 7.88. The molecule has 0 amide bonds. The highest BCUT2D eigenvalue weighted by Crippen LogP contribution is 2.38. The Labute approximate surface area is 177 Å². The van der Waals surface area contributed by atoms with Crippen LogP contribution in [0.2, 0.25) is 0 Å². The summed E-state index contributed by atoms with van der Waals surface area (Å²) in [4.78, 5) is 23.5. The molecule has 0 aromatic heterocycles. The van der Waals surface area contributed by atoms with E-state index in [-0.39, 0.29) is 0 Å². The maximum Gasteiger partial charge on any atom is 0.337 e. The average Bonchev–Trinajstić information content (AvgIpc) is 2.73. The summed E-state index contributed by atoms with van der Waals surface area (Å²) in [6.45, 7) is 3.33. The van der Waals surface area contributed by atoms with Gasteiger partial charge in [-0.2, -0.15) is 0 Å². The highest BCUT2D eigenvalue weighted by atomic mass is 16.5. The van der Waals surface area contributed by atoms with Gasteiger partial charge < -0.3 is 14.6 Å². The maximum absolute atomic E-state index is 11.8. The van der Waals surface area contributed by atoms with Crippen molar-refractivity contribution >= 4 is 17.5 Å². The lowest BCUT2D eigenvalue weighted by atomic mass is 9.81. The summed E-state index contributed by atoms with van der Waals surface area (Å²) in [5, 5.41) is 11.2. The van der Waals surface area contributed by atoms with Gasteiger partial charge in [0, 0.05) is 12.5 Å². The molecule has 0 radical (unpaired) electrons. The highest BCUT2D eigenvalue weighted by Gasteiger charge is 2.28. The predicted octanol–water partition coefficient (Wildman–Crippen LogP) is 4.83. The number of hydrogen-bond acceptors (Lipinski definition) is 5. The second kappa shape index (κ2) is 9.26. The number of methoxy groups -OCH3 is 1. The van der Waals surface area contributed by atoms with Gasteiger partial charge in [-0.25, -0.2) is 4.79 Å². The fraction of sp³-hybridized carbons (Fsp3) is 0.360. The van der Waals surface area contributed by atoms with Gasteiger partial charge in [-0.15, -0.1) is 0 Å². The summed E-state index contributed by atoms with van der Waals surface area (Å²) in [6.07, 6.45) is 6.30. The average molecular weight is 408 g/mol. The van der Waals surface area contributed by atoms with E-state index in [0.717, 1.165) is 41.5 Å². The van der Waals surface area contributed by atoms with Gasteiger partial charge in [0.05, 0.1) is 18.3 Å². The number of carbonyl (C=O) groups is 2. The van der Waals surface area contributed by atoms with Gasteiger partial charge in [0.25, 0.3) is 0 Å². The predicted molar refractivity (Wildman–Crippen MR) is 115 cm³/mol. The number of hydrogen-bond donors (Lipinski definition) is 1. The first kappa shape index (κ1) is 21.8. The molecule has 158 valence electrons. The lowest BCUT2D eigenvalue weighted by molar-refractivity contribution is -0.131. The lowest BCUT2D eigenvalue weighted by Crippen LogP contribution is -2.29. The zero-order valence-corrected chi connectivity index (χ0v) is 17.7. The standard InChI is InChI=1S/C25H28O5/c1-17-7-12-23(30-18(2)26)21(15-17)22(16-25(28)13-5-4-6-14-25)19-8-10-20(11-9-19)24(27)29-3/h7-12,15-16,28H,4-6,13-14H2,1-3H3/b22-16+. The summed E-state index contributed by atoms with van der Waals surface area (Å²) >= 11 is 0. The second-order valence-corrected chi connectivity index (χ2v) is 7.88. The van der Waals surface area contributed by atoms with Crippen LogP contribution in [-0.2, 0) is 9.53 Å². The minimum absolute atomic E-state index is 0.406. The number of rotatable bonds is 5. The molecule has 0 unspecified atom stereocenters. The molecule has 2 aromatic rings. The van der Waals surface area contributed by atoms with E-state index < -0.39 is 17.5 Å². The number of esters is 2. The quantitative estimate of drug-likeness (QED) is 0.566. The van der Waals surface area contributed by atoms with Crippen LogP contribution in [0.5, 0.6) is 5.75 Å². The van der Waals surface area contributed by atoms with Gasteiger partial charge in [0.2, 0.25) is 0 Å². The van der Waals surface area contributed by atoms with E-state index in [2.05, 4.69) is 0 Å². The van der Waals surface area contributed by atoms with Crippen LogP contribution in [0, 0.1) is 6.92 Å². The normalized spacial score (nSPS) is 16.1. The summed E-state index contributed by atoms with van der Waals surface area (Å²) in [7, 11) is 1.35. The molecule has 5 heteroatoms. The molecule has 1 aliphatic carbocycles.